The van der Waals surface area contributed by atoms with Crippen molar-refractivity contribution >= 4 is 11.6 Å². The van der Waals surface area contributed by atoms with E-state index in [1.54, 1.807) is 0 Å². The summed E-state index contributed by atoms with van der Waals surface area (Å²) < 4.78 is 0. The molecular formula is C22H28. The van der Waals surface area contributed by atoms with Gasteiger partial charge in [0.15, 0.2) is 0 Å². The molecule has 0 N–H and O–H groups in total. The zero-order valence-corrected chi connectivity index (χ0v) is 14.6. The lowest BCUT2D eigenvalue weighted by molar-refractivity contribution is 0.737. The Labute approximate surface area is 136 Å². The molecule has 0 saturated heterocycles. The van der Waals surface area contributed by atoms with Crippen LogP contribution in [0.1, 0.15) is 49.9 Å². The highest BCUT2D eigenvalue weighted by molar-refractivity contribution is 5.84. The van der Waals surface area contributed by atoms with Gasteiger partial charge in [-0.3, -0.25) is 0 Å². The van der Waals surface area contributed by atoms with Crippen molar-refractivity contribution < 1.29 is 0 Å². The summed E-state index contributed by atoms with van der Waals surface area (Å²) in [5.41, 5.74) is 5.98. The standard InChI is InChI=1S/C18H18.C4H10/c1-4-9-16-11-6-8-13-18(16)15(3)17-12-7-5-10-14(17)2;1-4(2)3/h4-13H,3H2,1-2H3;4H,1-3H3/b9-4-;. The van der Waals surface area contributed by atoms with E-state index in [0.717, 1.165) is 11.5 Å². The largest absolute Gasteiger partial charge is 0.0905 e. The third-order valence-corrected chi connectivity index (χ3v) is 3.10. The molecule has 2 rings (SSSR count). The topological polar surface area (TPSA) is 0 Å². The van der Waals surface area contributed by atoms with Gasteiger partial charge in [-0.25, -0.2) is 0 Å². The van der Waals surface area contributed by atoms with Crippen molar-refractivity contribution in [3.8, 4) is 0 Å². The van der Waals surface area contributed by atoms with Crippen molar-refractivity contribution in [2.45, 2.75) is 34.6 Å². The molecule has 0 aliphatic heterocycles. The van der Waals surface area contributed by atoms with Crippen LogP contribution < -0.4 is 0 Å². The van der Waals surface area contributed by atoms with E-state index < -0.39 is 0 Å². The maximum Gasteiger partial charge on any atom is -0.0111 e. The molecular weight excluding hydrogens is 264 g/mol. The highest BCUT2D eigenvalue weighted by Crippen LogP contribution is 2.27. The fraction of sp³-hybridized carbons (Fsp3) is 0.273. The highest BCUT2D eigenvalue weighted by Gasteiger charge is 2.07. The number of benzene rings is 2. The Morgan fingerprint density at radius 1 is 0.909 bits per heavy atom. The summed E-state index contributed by atoms with van der Waals surface area (Å²) in [6.07, 6.45) is 4.18. The van der Waals surface area contributed by atoms with Crippen molar-refractivity contribution in [3.63, 3.8) is 0 Å². The predicted molar refractivity (Wildman–Crippen MR) is 101 cm³/mol. The van der Waals surface area contributed by atoms with Gasteiger partial charge in [0, 0.05) is 0 Å². The molecule has 0 saturated carbocycles. The molecule has 0 atom stereocenters. The second-order valence-electron chi connectivity index (χ2n) is 6.11. The summed E-state index contributed by atoms with van der Waals surface area (Å²) >= 11 is 0. The molecule has 0 unspecified atom stereocenters. The number of allylic oxidation sites excluding steroid dienone is 1. The average Bonchev–Trinajstić information content (AvgIpc) is 2.47. The van der Waals surface area contributed by atoms with E-state index in [1.165, 1.54) is 22.3 Å². The van der Waals surface area contributed by atoms with Gasteiger partial charge in [0.25, 0.3) is 0 Å². The Hall–Kier alpha value is -2.08. The van der Waals surface area contributed by atoms with Crippen molar-refractivity contribution in [2.24, 2.45) is 5.92 Å². The van der Waals surface area contributed by atoms with Crippen LogP contribution in [0.4, 0.5) is 0 Å². The van der Waals surface area contributed by atoms with Gasteiger partial charge in [-0.15, -0.1) is 0 Å². The van der Waals surface area contributed by atoms with Crippen LogP contribution in [0.15, 0.2) is 61.2 Å². The lowest BCUT2D eigenvalue weighted by Gasteiger charge is -2.12. The monoisotopic (exact) mass is 292 g/mol. The molecule has 2 aromatic carbocycles. The molecule has 0 fully saturated rings. The molecule has 0 amide bonds. The van der Waals surface area contributed by atoms with Crippen molar-refractivity contribution in [1.82, 2.24) is 0 Å². The molecule has 0 bridgehead atoms. The van der Waals surface area contributed by atoms with Gasteiger partial charge in [0.1, 0.15) is 0 Å². The maximum atomic E-state index is 4.27. The zero-order valence-electron chi connectivity index (χ0n) is 14.6. The lowest BCUT2D eigenvalue weighted by atomic mass is 9.92. The average molecular weight is 292 g/mol. The van der Waals surface area contributed by atoms with Crippen LogP contribution in [0, 0.1) is 12.8 Å². The van der Waals surface area contributed by atoms with Gasteiger partial charge in [0.2, 0.25) is 0 Å². The molecule has 116 valence electrons. The fourth-order valence-corrected chi connectivity index (χ4v) is 2.15. The predicted octanol–water partition coefficient (Wildman–Crippen LogP) is 6.75. The van der Waals surface area contributed by atoms with Gasteiger partial charge >= 0.3 is 0 Å². The molecule has 0 aliphatic carbocycles. The third-order valence-electron chi connectivity index (χ3n) is 3.10. The van der Waals surface area contributed by atoms with Crippen molar-refractivity contribution in [3.05, 3.63) is 83.4 Å². The minimum absolute atomic E-state index is 0.833. The number of aryl methyl sites for hydroxylation is 1. The first kappa shape index (κ1) is 18.0. The van der Waals surface area contributed by atoms with Crippen LogP contribution in [-0.4, -0.2) is 0 Å². The molecule has 0 spiro atoms. The quantitative estimate of drug-likeness (QED) is 0.586. The number of hydrogen-bond acceptors (Lipinski definition) is 0. The first-order valence-electron chi connectivity index (χ1n) is 7.94. The minimum Gasteiger partial charge on any atom is -0.0905 e. The molecule has 22 heavy (non-hydrogen) atoms. The Kier molecular flexibility index (Phi) is 7.39. The Morgan fingerprint density at radius 2 is 1.41 bits per heavy atom. The summed E-state index contributed by atoms with van der Waals surface area (Å²) in [6.45, 7) is 14.9. The van der Waals surface area contributed by atoms with E-state index in [-0.39, 0.29) is 0 Å². The maximum absolute atomic E-state index is 4.27. The van der Waals surface area contributed by atoms with Gasteiger partial charge in [-0.05, 0) is 47.6 Å². The zero-order chi connectivity index (χ0) is 16.5. The van der Waals surface area contributed by atoms with E-state index in [0.29, 0.717) is 0 Å². The van der Waals surface area contributed by atoms with E-state index in [9.17, 15) is 0 Å². The number of rotatable bonds is 3. The first-order chi connectivity index (χ1) is 10.5. The summed E-state index contributed by atoms with van der Waals surface area (Å²) in [7, 11) is 0. The van der Waals surface area contributed by atoms with E-state index >= 15 is 0 Å². The number of hydrogen-bond donors (Lipinski definition) is 0. The summed E-state index contributed by atoms with van der Waals surface area (Å²) in [4.78, 5) is 0. The van der Waals surface area contributed by atoms with Crippen LogP contribution in [0.5, 0.6) is 0 Å². The molecule has 0 heteroatoms. The first-order valence-corrected chi connectivity index (χ1v) is 7.94. The van der Waals surface area contributed by atoms with Crippen LogP contribution >= 0.6 is 0 Å². The van der Waals surface area contributed by atoms with Gasteiger partial charge in [-0.2, -0.15) is 0 Å². The van der Waals surface area contributed by atoms with Crippen LogP contribution in [0.25, 0.3) is 11.6 Å². The normalized spacial score (nSPS) is 10.5. The van der Waals surface area contributed by atoms with E-state index in [1.807, 2.05) is 6.92 Å². The van der Waals surface area contributed by atoms with Crippen LogP contribution in [-0.2, 0) is 0 Å². The van der Waals surface area contributed by atoms with Crippen LogP contribution in [0.3, 0.4) is 0 Å². The van der Waals surface area contributed by atoms with Crippen molar-refractivity contribution in [1.29, 1.82) is 0 Å². The lowest BCUT2D eigenvalue weighted by Crippen LogP contribution is -1.92. The Bertz CT molecular complexity index is 627. The Balaban J connectivity index is 0.000000541. The second kappa shape index (κ2) is 9.04. The molecule has 0 heterocycles. The Morgan fingerprint density at radius 3 is 1.95 bits per heavy atom. The fourth-order valence-electron chi connectivity index (χ4n) is 2.15. The molecule has 0 radical (unpaired) electrons. The third kappa shape index (κ3) is 5.37. The van der Waals surface area contributed by atoms with E-state index in [4.69, 9.17) is 0 Å². The molecule has 0 aliphatic rings. The molecule has 0 nitrogen and oxygen atoms in total. The second-order valence-corrected chi connectivity index (χ2v) is 6.11. The van der Waals surface area contributed by atoms with Crippen LogP contribution in [0.2, 0.25) is 0 Å². The van der Waals surface area contributed by atoms with E-state index in [2.05, 4.69) is 95.0 Å². The SMILES string of the molecule is C=C(c1ccccc1C)c1ccccc1/C=C\C.CC(C)C. The van der Waals surface area contributed by atoms with Gasteiger partial charge in [0.05, 0.1) is 0 Å². The smallest absolute Gasteiger partial charge is 0.0111 e. The highest BCUT2D eigenvalue weighted by atomic mass is 14.1. The minimum atomic E-state index is 0.833. The summed E-state index contributed by atoms with van der Waals surface area (Å²) in [6, 6.07) is 16.7. The molecule has 0 aromatic heterocycles. The summed E-state index contributed by atoms with van der Waals surface area (Å²) in [5.74, 6) is 0.833. The summed E-state index contributed by atoms with van der Waals surface area (Å²) in [5, 5.41) is 0. The van der Waals surface area contributed by atoms with Gasteiger partial charge < -0.3 is 0 Å². The van der Waals surface area contributed by atoms with Crippen molar-refractivity contribution in [2.75, 3.05) is 0 Å². The molecule has 2 aromatic rings. The van der Waals surface area contributed by atoms with Gasteiger partial charge in [-0.1, -0.05) is 88.0 Å².